The van der Waals surface area contributed by atoms with Crippen molar-refractivity contribution < 1.29 is 17.9 Å². The number of hydrogen-bond acceptors (Lipinski definition) is 1. The summed E-state index contributed by atoms with van der Waals surface area (Å²) >= 11 is 0. The van der Waals surface area contributed by atoms with Crippen molar-refractivity contribution in [3.05, 3.63) is 29.3 Å². The van der Waals surface area contributed by atoms with E-state index in [2.05, 4.69) is 4.74 Å². The summed E-state index contributed by atoms with van der Waals surface area (Å²) in [4.78, 5) is 0. The second-order valence-electron chi connectivity index (χ2n) is 2.79. The Hall–Kier alpha value is -1.19. The number of hydrogen-bond donors (Lipinski definition) is 0. The maximum Gasteiger partial charge on any atom is 0.573 e. The van der Waals surface area contributed by atoms with Crippen LogP contribution >= 0.6 is 0 Å². The van der Waals surface area contributed by atoms with Gasteiger partial charge >= 0.3 is 6.36 Å². The van der Waals surface area contributed by atoms with Crippen LogP contribution in [0.15, 0.2) is 18.2 Å². The minimum Gasteiger partial charge on any atom is -0.406 e. The molecular formula is C11H15F3O. The fourth-order valence-electron chi connectivity index (χ4n) is 0.911. The Morgan fingerprint density at radius 1 is 1.00 bits per heavy atom. The zero-order valence-electron chi connectivity index (χ0n) is 9.27. The van der Waals surface area contributed by atoms with Gasteiger partial charge in [-0.15, -0.1) is 13.2 Å². The Kier molecular flexibility index (Phi) is 5.19. The summed E-state index contributed by atoms with van der Waals surface area (Å²) in [6.45, 7) is 7.56. The van der Waals surface area contributed by atoms with Crippen LogP contribution in [0.2, 0.25) is 0 Å². The first kappa shape index (κ1) is 13.8. The Balaban J connectivity index is 0.000000921. The first-order chi connectivity index (χ1) is 6.88. The molecule has 0 amide bonds. The molecule has 0 aromatic heterocycles. The third-order valence-electron chi connectivity index (χ3n) is 1.71. The van der Waals surface area contributed by atoms with Crippen molar-refractivity contribution in [3.63, 3.8) is 0 Å². The second kappa shape index (κ2) is 5.63. The van der Waals surface area contributed by atoms with E-state index in [0.29, 0.717) is 0 Å². The molecule has 0 saturated heterocycles. The SMILES string of the molecule is CC.Cc1ccc(OC(F)(F)F)cc1C. The summed E-state index contributed by atoms with van der Waals surface area (Å²) < 4.78 is 39.0. The van der Waals surface area contributed by atoms with Gasteiger partial charge in [0.2, 0.25) is 0 Å². The van der Waals surface area contributed by atoms with Crippen molar-refractivity contribution >= 4 is 0 Å². The van der Waals surface area contributed by atoms with E-state index >= 15 is 0 Å². The predicted molar refractivity (Wildman–Crippen MR) is 53.9 cm³/mol. The summed E-state index contributed by atoms with van der Waals surface area (Å²) in [5.74, 6) is -0.171. The van der Waals surface area contributed by atoms with Crippen LogP contribution in [0.25, 0.3) is 0 Å². The smallest absolute Gasteiger partial charge is 0.406 e. The lowest BCUT2D eigenvalue weighted by Gasteiger charge is -2.09. The van der Waals surface area contributed by atoms with E-state index < -0.39 is 6.36 Å². The molecule has 0 N–H and O–H groups in total. The lowest BCUT2D eigenvalue weighted by atomic mass is 10.1. The molecule has 0 heterocycles. The zero-order valence-corrected chi connectivity index (χ0v) is 9.27. The van der Waals surface area contributed by atoms with Crippen LogP contribution in [-0.4, -0.2) is 6.36 Å². The van der Waals surface area contributed by atoms with Crippen LogP contribution < -0.4 is 4.74 Å². The van der Waals surface area contributed by atoms with Gasteiger partial charge in [-0.25, -0.2) is 0 Å². The third kappa shape index (κ3) is 5.30. The summed E-state index contributed by atoms with van der Waals surface area (Å²) in [7, 11) is 0. The molecule has 0 aliphatic rings. The number of rotatable bonds is 1. The number of aryl methyl sites for hydroxylation is 2. The second-order valence-corrected chi connectivity index (χ2v) is 2.79. The van der Waals surface area contributed by atoms with Gasteiger partial charge in [0.1, 0.15) is 5.75 Å². The fourth-order valence-corrected chi connectivity index (χ4v) is 0.911. The van der Waals surface area contributed by atoms with E-state index in [-0.39, 0.29) is 5.75 Å². The van der Waals surface area contributed by atoms with Crippen molar-refractivity contribution in [2.75, 3.05) is 0 Å². The fraction of sp³-hybridized carbons (Fsp3) is 0.455. The molecule has 1 aromatic rings. The van der Waals surface area contributed by atoms with Crippen molar-refractivity contribution in [3.8, 4) is 5.75 Å². The quantitative estimate of drug-likeness (QED) is 0.688. The predicted octanol–water partition coefficient (Wildman–Crippen LogP) is 4.23. The first-order valence-corrected chi connectivity index (χ1v) is 4.71. The standard InChI is InChI=1S/C9H9F3O.C2H6/c1-6-3-4-8(5-7(6)2)13-9(10,11)12;1-2/h3-5H,1-2H3;1-2H3. The molecular weight excluding hydrogens is 205 g/mol. The van der Waals surface area contributed by atoms with Gasteiger partial charge < -0.3 is 4.74 Å². The summed E-state index contributed by atoms with van der Waals surface area (Å²) in [6, 6.07) is 4.26. The van der Waals surface area contributed by atoms with Gasteiger partial charge in [-0.3, -0.25) is 0 Å². The van der Waals surface area contributed by atoms with Gasteiger partial charge in [-0.05, 0) is 37.1 Å². The molecule has 1 nitrogen and oxygen atoms in total. The van der Waals surface area contributed by atoms with Gasteiger partial charge in [0, 0.05) is 0 Å². The Morgan fingerprint density at radius 3 is 1.93 bits per heavy atom. The highest BCUT2D eigenvalue weighted by molar-refractivity contribution is 5.33. The summed E-state index contributed by atoms with van der Waals surface area (Å²) in [5, 5.41) is 0. The maximum absolute atomic E-state index is 11.8. The Bertz CT molecular complexity index is 305. The molecule has 0 radical (unpaired) electrons. The minimum absolute atomic E-state index is 0.171. The first-order valence-electron chi connectivity index (χ1n) is 4.71. The van der Waals surface area contributed by atoms with Crippen molar-refractivity contribution in [1.29, 1.82) is 0 Å². The van der Waals surface area contributed by atoms with Crippen LogP contribution in [0.3, 0.4) is 0 Å². The van der Waals surface area contributed by atoms with E-state index in [1.807, 2.05) is 20.8 Å². The van der Waals surface area contributed by atoms with Crippen LogP contribution in [-0.2, 0) is 0 Å². The molecule has 86 valence electrons. The van der Waals surface area contributed by atoms with Gasteiger partial charge in [0.15, 0.2) is 0 Å². The average molecular weight is 220 g/mol. The topological polar surface area (TPSA) is 9.23 Å². The summed E-state index contributed by atoms with van der Waals surface area (Å²) in [6.07, 6.45) is -4.61. The zero-order chi connectivity index (χ0) is 12.1. The number of ether oxygens (including phenoxy) is 1. The van der Waals surface area contributed by atoms with Gasteiger partial charge in [-0.2, -0.15) is 0 Å². The molecule has 1 aromatic carbocycles. The highest BCUT2D eigenvalue weighted by Crippen LogP contribution is 2.24. The lowest BCUT2D eigenvalue weighted by molar-refractivity contribution is -0.274. The van der Waals surface area contributed by atoms with E-state index in [9.17, 15) is 13.2 Å². The van der Waals surface area contributed by atoms with E-state index in [1.165, 1.54) is 12.1 Å². The Morgan fingerprint density at radius 2 is 1.53 bits per heavy atom. The third-order valence-corrected chi connectivity index (χ3v) is 1.71. The molecule has 0 unspecified atom stereocenters. The van der Waals surface area contributed by atoms with E-state index in [1.54, 1.807) is 13.0 Å². The van der Waals surface area contributed by atoms with Crippen molar-refractivity contribution in [1.82, 2.24) is 0 Å². The van der Waals surface area contributed by atoms with E-state index in [0.717, 1.165) is 11.1 Å². The lowest BCUT2D eigenvalue weighted by Crippen LogP contribution is -2.17. The Labute approximate surface area is 87.9 Å². The molecule has 0 atom stereocenters. The van der Waals surface area contributed by atoms with Crippen LogP contribution in [0.1, 0.15) is 25.0 Å². The minimum atomic E-state index is -4.61. The number of alkyl halides is 3. The molecule has 0 saturated carbocycles. The van der Waals surface area contributed by atoms with Crippen molar-refractivity contribution in [2.24, 2.45) is 0 Å². The molecule has 0 fully saturated rings. The molecule has 15 heavy (non-hydrogen) atoms. The largest absolute Gasteiger partial charge is 0.573 e. The van der Waals surface area contributed by atoms with E-state index in [4.69, 9.17) is 0 Å². The number of benzene rings is 1. The number of halogens is 3. The van der Waals surface area contributed by atoms with Gasteiger partial charge in [0.05, 0.1) is 0 Å². The van der Waals surface area contributed by atoms with Crippen LogP contribution in [0.4, 0.5) is 13.2 Å². The van der Waals surface area contributed by atoms with Gasteiger partial charge in [-0.1, -0.05) is 19.9 Å². The maximum atomic E-state index is 11.8. The molecule has 0 spiro atoms. The molecule has 4 heteroatoms. The van der Waals surface area contributed by atoms with Crippen LogP contribution in [0, 0.1) is 13.8 Å². The average Bonchev–Trinajstić information content (AvgIpc) is 2.12. The van der Waals surface area contributed by atoms with Crippen LogP contribution in [0.5, 0.6) is 5.75 Å². The van der Waals surface area contributed by atoms with Crippen molar-refractivity contribution in [2.45, 2.75) is 34.1 Å². The highest BCUT2D eigenvalue weighted by atomic mass is 19.4. The van der Waals surface area contributed by atoms with Gasteiger partial charge in [0.25, 0.3) is 0 Å². The molecule has 0 aliphatic heterocycles. The monoisotopic (exact) mass is 220 g/mol. The summed E-state index contributed by atoms with van der Waals surface area (Å²) in [5.41, 5.74) is 1.72. The highest BCUT2D eigenvalue weighted by Gasteiger charge is 2.31. The normalized spacial score (nSPS) is 10.3. The molecule has 1 rings (SSSR count). The molecule has 0 bridgehead atoms. The molecule has 0 aliphatic carbocycles.